The molecule has 0 aliphatic heterocycles. The lowest BCUT2D eigenvalue weighted by molar-refractivity contribution is 0.442. The molecule has 0 bridgehead atoms. The van der Waals surface area contributed by atoms with Gasteiger partial charge in [-0.15, -0.1) is 11.8 Å². The zero-order valence-corrected chi connectivity index (χ0v) is 12.6. The molecule has 0 fully saturated rings. The summed E-state index contributed by atoms with van der Waals surface area (Å²) >= 11 is 1.89. The van der Waals surface area contributed by atoms with Crippen LogP contribution in [-0.4, -0.2) is 10.4 Å². The minimum Gasteiger partial charge on any atom is -0.507 e. The summed E-state index contributed by atoms with van der Waals surface area (Å²) in [6.07, 6.45) is 1.16. The molecule has 0 amide bonds. The van der Waals surface area contributed by atoms with Crippen molar-refractivity contribution in [2.45, 2.75) is 63.5 Å². The minimum atomic E-state index is -0.0130. The van der Waals surface area contributed by atoms with Gasteiger partial charge in [0, 0.05) is 15.7 Å². The van der Waals surface area contributed by atoms with Gasteiger partial charge in [0.1, 0.15) is 5.75 Å². The molecule has 2 heteroatoms. The van der Waals surface area contributed by atoms with Crippen LogP contribution in [0.2, 0.25) is 0 Å². The minimum absolute atomic E-state index is 0.0130. The number of phenolic OH excluding ortho intramolecular Hbond substituents is 1. The number of hydrogen-bond donors (Lipinski definition) is 1. The van der Waals surface area contributed by atoms with Crippen molar-refractivity contribution in [3.63, 3.8) is 0 Å². The second kappa shape index (κ2) is 5.34. The molecule has 1 nitrogen and oxygen atoms in total. The summed E-state index contributed by atoms with van der Waals surface area (Å²) in [5.74, 6) is 0.450. The van der Waals surface area contributed by atoms with E-state index in [-0.39, 0.29) is 5.41 Å². The largest absolute Gasteiger partial charge is 0.507 e. The highest BCUT2D eigenvalue weighted by atomic mass is 32.2. The molecule has 17 heavy (non-hydrogen) atoms. The van der Waals surface area contributed by atoms with Crippen LogP contribution in [0.25, 0.3) is 0 Å². The molecule has 1 aromatic rings. The Kier molecular flexibility index (Phi) is 4.54. The summed E-state index contributed by atoms with van der Waals surface area (Å²) in [5.41, 5.74) is 2.01. The average molecular weight is 252 g/mol. The molecule has 1 N–H and O–H groups in total. The lowest BCUT2D eigenvalue weighted by Gasteiger charge is -2.23. The fourth-order valence-corrected chi connectivity index (χ4v) is 2.76. The van der Waals surface area contributed by atoms with Crippen LogP contribution in [0.5, 0.6) is 5.75 Å². The Bertz CT molecular complexity index is 391. The van der Waals surface area contributed by atoms with Crippen molar-refractivity contribution in [2.24, 2.45) is 0 Å². The van der Waals surface area contributed by atoms with Crippen molar-refractivity contribution >= 4 is 11.8 Å². The lowest BCUT2D eigenvalue weighted by Crippen LogP contribution is -2.12. The zero-order valence-electron chi connectivity index (χ0n) is 11.8. The summed E-state index contributed by atoms with van der Waals surface area (Å²) in [6, 6.07) is 4.22. The Morgan fingerprint density at radius 2 is 1.88 bits per heavy atom. The third kappa shape index (κ3) is 3.67. The van der Waals surface area contributed by atoms with E-state index < -0.39 is 0 Å². The molecule has 1 aromatic carbocycles. The topological polar surface area (TPSA) is 20.2 Å². The Balaban J connectivity index is 3.15. The van der Waals surface area contributed by atoms with Gasteiger partial charge in [-0.1, -0.05) is 34.6 Å². The first-order valence-corrected chi connectivity index (χ1v) is 7.14. The molecule has 0 saturated carbocycles. The Labute approximate surface area is 110 Å². The smallest absolute Gasteiger partial charge is 0.122 e. The van der Waals surface area contributed by atoms with E-state index in [1.54, 1.807) is 0 Å². The van der Waals surface area contributed by atoms with Crippen molar-refractivity contribution in [3.05, 3.63) is 23.3 Å². The first kappa shape index (κ1) is 14.4. The second-order valence-corrected chi connectivity index (χ2v) is 7.23. The molecule has 0 aliphatic carbocycles. The third-order valence-electron chi connectivity index (χ3n) is 2.99. The average Bonchev–Trinajstić information content (AvgIpc) is 2.21. The van der Waals surface area contributed by atoms with Crippen LogP contribution in [0, 0.1) is 6.92 Å². The number of benzene rings is 1. The van der Waals surface area contributed by atoms with E-state index in [1.807, 2.05) is 18.7 Å². The number of aromatic hydroxyl groups is 1. The summed E-state index contributed by atoms with van der Waals surface area (Å²) in [6.45, 7) is 12.8. The molecular formula is C15H24OS. The van der Waals surface area contributed by atoms with Crippen LogP contribution in [-0.2, 0) is 5.41 Å². The molecule has 96 valence electrons. The number of thioether (sulfide) groups is 1. The normalized spacial score (nSPS) is 13.8. The van der Waals surface area contributed by atoms with Crippen LogP contribution < -0.4 is 0 Å². The van der Waals surface area contributed by atoms with Gasteiger partial charge >= 0.3 is 0 Å². The monoisotopic (exact) mass is 252 g/mol. The van der Waals surface area contributed by atoms with Crippen LogP contribution in [0.3, 0.4) is 0 Å². The molecule has 0 heterocycles. The van der Waals surface area contributed by atoms with Gasteiger partial charge in [-0.2, -0.15) is 0 Å². The van der Waals surface area contributed by atoms with Crippen molar-refractivity contribution < 1.29 is 5.11 Å². The second-order valence-electron chi connectivity index (χ2n) is 5.72. The number of phenols is 1. The molecular weight excluding hydrogens is 228 g/mol. The van der Waals surface area contributed by atoms with E-state index in [4.69, 9.17) is 0 Å². The Morgan fingerprint density at radius 1 is 1.29 bits per heavy atom. The number of rotatable bonds is 3. The van der Waals surface area contributed by atoms with Crippen molar-refractivity contribution in [1.82, 2.24) is 0 Å². The highest BCUT2D eigenvalue weighted by Crippen LogP contribution is 2.37. The fourth-order valence-electron chi connectivity index (χ4n) is 1.70. The van der Waals surface area contributed by atoms with E-state index in [0.29, 0.717) is 11.0 Å². The van der Waals surface area contributed by atoms with Gasteiger partial charge in [0.25, 0.3) is 0 Å². The van der Waals surface area contributed by atoms with Gasteiger partial charge < -0.3 is 5.11 Å². The first-order valence-electron chi connectivity index (χ1n) is 6.26. The first-order chi connectivity index (χ1) is 7.75. The zero-order chi connectivity index (χ0) is 13.2. The van der Waals surface area contributed by atoms with Crippen LogP contribution in [0.4, 0.5) is 0 Å². The highest BCUT2D eigenvalue weighted by Gasteiger charge is 2.20. The van der Waals surface area contributed by atoms with Crippen molar-refractivity contribution in [1.29, 1.82) is 0 Å². The predicted molar refractivity (Wildman–Crippen MR) is 77.2 cm³/mol. The van der Waals surface area contributed by atoms with Gasteiger partial charge in [0.05, 0.1) is 0 Å². The molecule has 0 aliphatic rings. The van der Waals surface area contributed by atoms with Gasteiger partial charge in [0.2, 0.25) is 0 Å². The summed E-state index contributed by atoms with van der Waals surface area (Å²) in [5, 5.41) is 10.8. The fraction of sp³-hybridized carbons (Fsp3) is 0.600. The van der Waals surface area contributed by atoms with E-state index in [1.165, 1.54) is 4.90 Å². The summed E-state index contributed by atoms with van der Waals surface area (Å²) < 4.78 is 0. The van der Waals surface area contributed by atoms with Gasteiger partial charge in [-0.25, -0.2) is 0 Å². The third-order valence-corrected chi connectivity index (χ3v) is 4.24. The maximum Gasteiger partial charge on any atom is 0.122 e. The molecule has 0 spiro atoms. The standard InChI is InChI=1S/C15H24OS/c1-7-11(3)17-12-8-10(2)14(16)13(9-12)15(4,5)6/h8-9,11,16H,7H2,1-6H3. The van der Waals surface area contributed by atoms with Gasteiger partial charge in [-0.3, -0.25) is 0 Å². The Hall–Kier alpha value is -0.630. The van der Waals surface area contributed by atoms with E-state index in [2.05, 4.69) is 46.8 Å². The molecule has 0 aromatic heterocycles. The van der Waals surface area contributed by atoms with Gasteiger partial charge in [-0.05, 0) is 36.5 Å². The molecule has 1 rings (SSSR count). The van der Waals surface area contributed by atoms with Crippen molar-refractivity contribution in [2.75, 3.05) is 0 Å². The van der Waals surface area contributed by atoms with Crippen LogP contribution in [0.1, 0.15) is 52.2 Å². The lowest BCUT2D eigenvalue weighted by atomic mass is 9.85. The van der Waals surface area contributed by atoms with E-state index in [9.17, 15) is 5.11 Å². The van der Waals surface area contributed by atoms with Crippen LogP contribution >= 0.6 is 11.8 Å². The molecule has 0 radical (unpaired) electrons. The number of aryl methyl sites for hydroxylation is 1. The highest BCUT2D eigenvalue weighted by molar-refractivity contribution is 7.99. The molecule has 0 saturated heterocycles. The van der Waals surface area contributed by atoms with Gasteiger partial charge in [0.15, 0.2) is 0 Å². The summed E-state index contributed by atoms with van der Waals surface area (Å²) in [4.78, 5) is 1.26. The Morgan fingerprint density at radius 3 is 2.35 bits per heavy atom. The molecule has 1 atom stereocenters. The van der Waals surface area contributed by atoms with Crippen molar-refractivity contribution in [3.8, 4) is 5.75 Å². The maximum atomic E-state index is 10.1. The maximum absolute atomic E-state index is 10.1. The predicted octanol–water partition coefficient (Wildman–Crippen LogP) is 4.89. The SMILES string of the molecule is CCC(C)Sc1cc(C)c(O)c(C(C)(C)C)c1. The molecule has 1 unspecified atom stereocenters. The number of hydrogen-bond acceptors (Lipinski definition) is 2. The van der Waals surface area contributed by atoms with E-state index >= 15 is 0 Å². The summed E-state index contributed by atoms with van der Waals surface area (Å²) in [7, 11) is 0. The quantitative estimate of drug-likeness (QED) is 0.773. The van der Waals surface area contributed by atoms with E-state index in [0.717, 1.165) is 17.5 Å². The van der Waals surface area contributed by atoms with Crippen LogP contribution in [0.15, 0.2) is 17.0 Å².